The standard InChI is InChI=1S/C20H25ClN4O2/c1-4-24(5-2)20(26)25(19(22)23)18-14(3)17(12-11-16(18)21)27-13-15-9-7-6-8-10-15/h6-12H,4-5,13H2,1-3H3,(H3,22,23). The molecule has 6 nitrogen and oxygen atoms in total. The molecule has 0 aliphatic rings. The summed E-state index contributed by atoms with van der Waals surface area (Å²) in [4.78, 5) is 15.6. The molecule has 0 aliphatic heterocycles. The molecule has 7 heteroatoms. The number of nitrogens with one attached hydrogen (secondary N) is 1. The van der Waals surface area contributed by atoms with Crippen LogP contribution in [0.25, 0.3) is 0 Å². The molecular weight excluding hydrogens is 364 g/mol. The van der Waals surface area contributed by atoms with Crippen molar-refractivity contribution in [2.45, 2.75) is 27.4 Å². The van der Waals surface area contributed by atoms with E-state index in [0.717, 1.165) is 10.5 Å². The summed E-state index contributed by atoms with van der Waals surface area (Å²) >= 11 is 6.37. The second-order valence-electron chi connectivity index (χ2n) is 5.97. The first-order chi connectivity index (χ1) is 12.9. The summed E-state index contributed by atoms with van der Waals surface area (Å²) in [7, 11) is 0. The number of ether oxygens (including phenoxy) is 1. The van der Waals surface area contributed by atoms with Gasteiger partial charge in [-0.25, -0.2) is 9.69 Å². The van der Waals surface area contributed by atoms with Crippen LogP contribution in [0.4, 0.5) is 10.5 Å². The molecule has 0 radical (unpaired) electrons. The third-order valence-corrected chi connectivity index (χ3v) is 4.56. The number of hydrogen-bond acceptors (Lipinski definition) is 3. The summed E-state index contributed by atoms with van der Waals surface area (Å²) in [6.07, 6.45) is 0. The molecule has 0 heterocycles. The van der Waals surface area contributed by atoms with E-state index in [1.807, 2.05) is 44.2 Å². The lowest BCUT2D eigenvalue weighted by Gasteiger charge is -2.30. The highest BCUT2D eigenvalue weighted by Gasteiger charge is 2.27. The Balaban J connectivity index is 2.39. The van der Waals surface area contributed by atoms with Gasteiger partial charge in [-0.3, -0.25) is 5.41 Å². The van der Waals surface area contributed by atoms with Gasteiger partial charge in [0.15, 0.2) is 0 Å². The Bertz CT molecular complexity index is 807. The van der Waals surface area contributed by atoms with Crippen molar-refractivity contribution in [2.24, 2.45) is 5.73 Å². The lowest BCUT2D eigenvalue weighted by molar-refractivity contribution is 0.213. The number of amides is 2. The lowest BCUT2D eigenvalue weighted by Crippen LogP contribution is -2.49. The molecule has 0 saturated carbocycles. The molecule has 2 rings (SSSR count). The number of nitrogens with zero attached hydrogens (tertiary/aromatic N) is 2. The van der Waals surface area contributed by atoms with Crippen LogP contribution in [0.3, 0.4) is 0 Å². The van der Waals surface area contributed by atoms with E-state index in [-0.39, 0.29) is 0 Å². The van der Waals surface area contributed by atoms with Gasteiger partial charge in [0, 0.05) is 18.7 Å². The molecule has 2 aromatic rings. The Morgan fingerprint density at radius 2 is 1.78 bits per heavy atom. The number of benzene rings is 2. The Morgan fingerprint density at radius 3 is 2.33 bits per heavy atom. The van der Waals surface area contributed by atoms with Gasteiger partial charge in [-0.1, -0.05) is 41.9 Å². The van der Waals surface area contributed by atoms with E-state index >= 15 is 0 Å². The number of rotatable bonds is 6. The van der Waals surface area contributed by atoms with Crippen LogP contribution in [0.15, 0.2) is 42.5 Å². The molecule has 0 aliphatic carbocycles. The van der Waals surface area contributed by atoms with Crippen molar-refractivity contribution in [3.05, 3.63) is 58.6 Å². The highest BCUT2D eigenvalue weighted by Crippen LogP contribution is 2.36. The second-order valence-corrected chi connectivity index (χ2v) is 6.38. The van der Waals surface area contributed by atoms with Gasteiger partial charge >= 0.3 is 6.03 Å². The normalized spacial score (nSPS) is 10.4. The Labute approximate surface area is 165 Å². The molecule has 2 amide bonds. The van der Waals surface area contributed by atoms with Crippen molar-refractivity contribution in [3.8, 4) is 5.75 Å². The highest BCUT2D eigenvalue weighted by molar-refractivity contribution is 6.35. The number of nitrogens with two attached hydrogens (primary N) is 1. The first-order valence-corrected chi connectivity index (χ1v) is 9.17. The summed E-state index contributed by atoms with van der Waals surface area (Å²) in [5.74, 6) is 0.189. The minimum absolute atomic E-state index is 0.329. The minimum Gasteiger partial charge on any atom is -0.489 e. The maximum absolute atomic E-state index is 12.9. The van der Waals surface area contributed by atoms with Gasteiger partial charge in [-0.2, -0.15) is 0 Å². The summed E-state index contributed by atoms with van der Waals surface area (Å²) in [5, 5.41) is 8.25. The van der Waals surface area contributed by atoms with E-state index in [2.05, 4.69) is 0 Å². The van der Waals surface area contributed by atoms with Crippen LogP contribution < -0.4 is 15.4 Å². The van der Waals surface area contributed by atoms with Gasteiger partial charge in [-0.05, 0) is 38.5 Å². The van der Waals surface area contributed by atoms with Gasteiger partial charge in [0.1, 0.15) is 12.4 Å². The minimum atomic E-state index is -0.392. The van der Waals surface area contributed by atoms with E-state index in [0.29, 0.717) is 41.7 Å². The fourth-order valence-electron chi connectivity index (χ4n) is 2.77. The number of anilines is 1. The van der Waals surface area contributed by atoms with Gasteiger partial charge < -0.3 is 15.4 Å². The zero-order valence-corrected chi connectivity index (χ0v) is 16.6. The van der Waals surface area contributed by atoms with Crippen molar-refractivity contribution in [2.75, 3.05) is 18.0 Å². The quantitative estimate of drug-likeness (QED) is 0.568. The number of urea groups is 1. The molecule has 3 N–H and O–H groups in total. The summed E-state index contributed by atoms with van der Waals surface area (Å²) in [6.45, 7) is 6.92. The van der Waals surface area contributed by atoms with Crippen LogP contribution in [-0.4, -0.2) is 30.0 Å². The lowest BCUT2D eigenvalue weighted by atomic mass is 10.1. The smallest absolute Gasteiger partial charge is 0.331 e. The van der Waals surface area contributed by atoms with Crippen LogP contribution in [0, 0.1) is 12.3 Å². The van der Waals surface area contributed by atoms with Crippen molar-refractivity contribution < 1.29 is 9.53 Å². The van der Waals surface area contributed by atoms with Crippen LogP contribution in [0.5, 0.6) is 5.75 Å². The Hall–Kier alpha value is -2.73. The van der Waals surface area contributed by atoms with Crippen molar-refractivity contribution >= 4 is 29.3 Å². The van der Waals surface area contributed by atoms with Gasteiger partial charge in [-0.15, -0.1) is 0 Å². The molecule has 0 spiro atoms. The maximum atomic E-state index is 12.9. The predicted octanol–water partition coefficient (Wildman–Crippen LogP) is 4.39. The Morgan fingerprint density at radius 1 is 1.15 bits per heavy atom. The predicted molar refractivity (Wildman–Crippen MR) is 110 cm³/mol. The number of carbonyl (C=O) groups is 1. The molecular formula is C20H25ClN4O2. The van der Waals surface area contributed by atoms with E-state index in [4.69, 9.17) is 27.5 Å². The van der Waals surface area contributed by atoms with E-state index in [9.17, 15) is 4.79 Å². The average Bonchev–Trinajstić information content (AvgIpc) is 2.65. The Kier molecular flexibility index (Phi) is 7.07. The van der Waals surface area contributed by atoms with Crippen molar-refractivity contribution in [3.63, 3.8) is 0 Å². The van der Waals surface area contributed by atoms with E-state index in [1.54, 1.807) is 24.0 Å². The zero-order valence-electron chi connectivity index (χ0n) is 15.8. The zero-order chi connectivity index (χ0) is 20.0. The summed E-state index contributed by atoms with van der Waals surface area (Å²) in [6, 6.07) is 12.8. The highest BCUT2D eigenvalue weighted by atomic mass is 35.5. The molecule has 0 bridgehead atoms. The van der Waals surface area contributed by atoms with Crippen molar-refractivity contribution in [1.82, 2.24) is 4.90 Å². The van der Waals surface area contributed by atoms with Crippen LogP contribution in [-0.2, 0) is 6.61 Å². The topological polar surface area (TPSA) is 82.7 Å². The SMILES string of the molecule is CCN(CC)C(=O)N(C(=N)N)c1c(Cl)ccc(OCc2ccccc2)c1C. The molecule has 0 unspecified atom stereocenters. The monoisotopic (exact) mass is 388 g/mol. The van der Waals surface area contributed by atoms with Crippen LogP contribution in [0.2, 0.25) is 5.02 Å². The second kappa shape index (κ2) is 9.28. The first kappa shape index (κ1) is 20.6. The molecule has 0 fully saturated rings. The third-order valence-electron chi connectivity index (χ3n) is 4.26. The number of guanidine groups is 1. The fourth-order valence-corrected chi connectivity index (χ4v) is 3.06. The van der Waals surface area contributed by atoms with E-state index < -0.39 is 12.0 Å². The van der Waals surface area contributed by atoms with Crippen molar-refractivity contribution in [1.29, 1.82) is 5.41 Å². The van der Waals surface area contributed by atoms with Crippen LogP contribution >= 0.6 is 11.6 Å². The molecule has 0 aromatic heterocycles. The fraction of sp³-hybridized carbons (Fsp3) is 0.300. The molecule has 27 heavy (non-hydrogen) atoms. The van der Waals surface area contributed by atoms with Crippen LogP contribution in [0.1, 0.15) is 25.0 Å². The molecule has 0 saturated heterocycles. The summed E-state index contributed by atoms with van der Waals surface area (Å²) in [5.41, 5.74) is 7.77. The molecule has 2 aromatic carbocycles. The first-order valence-electron chi connectivity index (χ1n) is 8.79. The number of halogens is 1. The van der Waals surface area contributed by atoms with Gasteiger partial charge in [0.25, 0.3) is 0 Å². The largest absolute Gasteiger partial charge is 0.489 e. The third kappa shape index (κ3) is 4.71. The summed E-state index contributed by atoms with van der Waals surface area (Å²) < 4.78 is 5.92. The van der Waals surface area contributed by atoms with Gasteiger partial charge in [0.05, 0.1) is 10.7 Å². The number of carbonyl (C=O) groups excluding carboxylic acids is 1. The average molecular weight is 389 g/mol. The van der Waals surface area contributed by atoms with E-state index in [1.165, 1.54) is 0 Å². The number of hydrogen-bond donors (Lipinski definition) is 2. The molecule has 144 valence electrons. The van der Waals surface area contributed by atoms with Gasteiger partial charge in [0.2, 0.25) is 5.96 Å². The maximum Gasteiger partial charge on any atom is 0.331 e. The molecule has 0 atom stereocenters.